The Morgan fingerprint density at radius 1 is 1.11 bits per heavy atom. The van der Waals surface area contributed by atoms with Gasteiger partial charge in [0.25, 0.3) is 0 Å². The van der Waals surface area contributed by atoms with Crippen LogP contribution in [0.2, 0.25) is 0 Å². The zero-order valence-corrected chi connectivity index (χ0v) is 16.6. The number of unbranched alkanes of at least 4 members (excludes halogenated alkanes) is 2. The Balaban J connectivity index is 1.53. The third-order valence-corrected chi connectivity index (χ3v) is 6.30. The Morgan fingerprint density at radius 2 is 2.00 bits per heavy atom. The van der Waals surface area contributed by atoms with Gasteiger partial charge in [0.1, 0.15) is 0 Å². The minimum absolute atomic E-state index is 0.333. The van der Waals surface area contributed by atoms with Crippen LogP contribution >= 0.6 is 0 Å². The molecular formula is C25H33NO. The highest BCUT2D eigenvalue weighted by Gasteiger charge is 2.31. The van der Waals surface area contributed by atoms with Crippen molar-refractivity contribution >= 4 is 16.8 Å². The molecule has 27 heavy (non-hydrogen) atoms. The van der Waals surface area contributed by atoms with Crippen LogP contribution in [0.25, 0.3) is 16.8 Å². The fraction of sp³-hybridized carbons (Fsp3) is 0.520. The van der Waals surface area contributed by atoms with E-state index in [1.807, 2.05) is 0 Å². The second-order valence-electron chi connectivity index (χ2n) is 8.30. The van der Waals surface area contributed by atoms with Gasteiger partial charge in [0.05, 0.1) is 12.2 Å². The van der Waals surface area contributed by atoms with E-state index in [1.165, 1.54) is 47.6 Å². The number of rotatable bonds is 9. The van der Waals surface area contributed by atoms with Crippen LogP contribution in [-0.2, 0) is 11.2 Å². The van der Waals surface area contributed by atoms with Crippen molar-refractivity contribution < 1.29 is 4.74 Å². The molecule has 2 aromatic rings. The van der Waals surface area contributed by atoms with Gasteiger partial charge in [-0.05, 0) is 66.1 Å². The van der Waals surface area contributed by atoms with Crippen molar-refractivity contribution in [2.45, 2.75) is 76.4 Å². The molecule has 0 fully saturated rings. The lowest BCUT2D eigenvalue weighted by atomic mass is 9.75. The van der Waals surface area contributed by atoms with Gasteiger partial charge in [-0.15, -0.1) is 0 Å². The van der Waals surface area contributed by atoms with E-state index in [4.69, 9.17) is 10.5 Å². The summed E-state index contributed by atoms with van der Waals surface area (Å²) in [4.78, 5) is 0. The summed E-state index contributed by atoms with van der Waals surface area (Å²) in [5.74, 6) is 0.503. The Morgan fingerprint density at radius 3 is 2.85 bits per heavy atom. The summed E-state index contributed by atoms with van der Waals surface area (Å²) in [5, 5.41) is 2.85. The van der Waals surface area contributed by atoms with E-state index in [0.29, 0.717) is 18.1 Å². The first kappa shape index (κ1) is 18.7. The average Bonchev–Trinajstić information content (AvgIpc) is 2.70. The third kappa shape index (κ3) is 3.97. The zero-order valence-electron chi connectivity index (χ0n) is 16.6. The van der Waals surface area contributed by atoms with Crippen LogP contribution in [0, 0.1) is 0 Å². The Kier molecular flexibility index (Phi) is 5.95. The Hall–Kier alpha value is -1.64. The van der Waals surface area contributed by atoms with E-state index in [9.17, 15) is 0 Å². The van der Waals surface area contributed by atoms with Gasteiger partial charge in [0, 0.05) is 5.92 Å². The zero-order chi connectivity index (χ0) is 18.6. The molecule has 4 rings (SSSR count). The van der Waals surface area contributed by atoms with Crippen LogP contribution < -0.4 is 5.73 Å². The predicted octanol–water partition coefficient (Wildman–Crippen LogP) is 5.97. The molecule has 0 saturated carbocycles. The van der Waals surface area contributed by atoms with Gasteiger partial charge in [-0.2, -0.15) is 0 Å². The molecule has 0 spiro atoms. The van der Waals surface area contributed by atoms with E-state index >= 15 is 0 Å². The topological polar surface area (TPSA) is 35.2 Å². The van der Waals surface area contributed by atoms with E-state index in [1.54, 1.807) is 5.56 Å². The molecule has 2 N–H and O–H groups in total. The fourth-order valence-corrected chi connectivity index (χ4v) is 4.97. The van der Waals surface area contributed by atoms with Gasteiger partial charge in [-0.25, -0.2) is 0 Å². The average molecular weight is 364 g/mol. The summed E-state index contributed by atoms with van der Waals surface area (Å²) in [7, 11) is 0. The molecule has 0 aliphatic heterocycles. The number of hydrogen-bond acceptors (Lipinski definition) is 2. The molecule has 0 radical (unpaired) electrons. The van der Waals surface area contributed by atoms with Crippen molar-refractivity contribution in [2.75, 3.05) is 6.54 Å². The molecule has 0 heterocycles. The number of benzene rings is 2. The molecule has 144 valence electrons. The standard InChI is InChI=1S/C25H33NO/c1-2-3-4-9-22(10-6-15-26)27-23-16-20-13-11-18-7-5-8-19-12-14-21(17-23)25(20)24(18)19/h5,7-8,11-14,20,22-23H,2-4,6,9-10,15-17,26H2,1H3. The Bertz CT molecular complexity index is 809. The van der Waals surface area contributed by atoms with Crippen molar-refractivity contribution in [3.63, 3.8) is 0 Å². The predicted molar refractivity (Wildman–Crippen MR) is 115 cm³/mol. The largest absolute Gasteiger partial charge is 0.375 e. The number of hydrogen-bond donors (Lipinski definition) is 1. The summed E-state index contributed by atoms with van der Waals surface area (Å²) in [6.45, 7) is 3.03. The maximum absolute atomic E-state index is 6.67. The highest BCUT2D eigenvalue weighted by atomic mass is 16.5. The molecular weight excluding hydrogens is 330 g/mol. The highest BCUT2D eigenvalue weighted by molar-refractivity contribution is 5.96. The highest BCUT2D eigenvalue weighted by Crippen LogP contribution is 2.43. The van der Waals surface area contributed by atoms with E-state index < -0.39 is 0 Å². The molecule has 0 aromatic heterocycles. The molecule has 2 aliphatic carbocycles. The van der Waals surface area contributed by atoms with Crippen LogP contribution in [-0.4, -0.2) is 18.8 Å². The first-order valence-corrected chi connectivity index (χ1v) is 10.9. The molecule has 2 nitrogen and oxygen atoms in total. The maximum atomic E-state index is 6.67. The maximum Gasteiger partial charge on any atom is 0.0628 e. The Labute approximate surface area is 163 Å². The minimum atomic E-state index is 0.333. The fourth-order valence-electron chi connectivity index (χ4n) is 4.97. The second-order valence-corrected chi connectivity index (χ2v) is 8.30. The van der Waals surface area contributed by atoms with E-state index in [0.717, 1.165) is 32.2 Å². The van der Waals surface area contributed by atoms with Crippen molar-refractivity contribution in [2.24, 2.45) is 5.73 Å². The smallest absolute Gasteiger partial charge is 0.0628 e. The monoisotopic (exact) mass is 363 g/mol. The van der Waals surface area contributed by atoms with Crippen LogP contribution in [0.4, 0.5) is 0 Å². The van der Waals surface area contributed by atoms with Crippen LogP contribution in [0.3, 0.4) is 0 Å². The minimum Gasteiger partial charge on any atom is -0.375 e. The third-order valence-electron chi connectivity index (χ3n) is 6.30. The summed E-state index contributed by atoms with van der Waals surface area (Å²) in [6, 6.07) is 11.3. The van der Waals surface area contributed by atoms with Gasteiger partial charge >= 0.3 is 0 Å². The quantitative estimate of drug-likeness (QED) is 0.557. The summed E-state index contributed by atoms with van der Waals surface area (Å²) in [6.07, 6.45) is 14.8. The van der Waals surface area contributed by atoms with Crippen LogP contribution in [0.15, 0.2) is 36.4 Å². The number of allylic oxidation sites excluding steroid dienone is 1. The second kappa shape index (κ2) is 8.58. The van der Waals surface area contributed by atoms with E-state index in [2.05, 4.69) is 49.4 Å². The number of ether oxygens (including phenoxy) is 1. The molecule has 2 aliphatic rings. The first-order valence-electron chi connectivity index (χ1n) is 10.9. The first-order chi connectivity index (χ1) is 13.3. The van der Waals surface area contributed by atoms with Gasteiger partial charge < -0.3 is 10.5 Å². The van der Waals surface area contributed by atoms with E-state index in [-0.39, 0.29) is 0 Å². The lowest BCUT2D eigenvalue weighted by Crippen LogP contribution is -2.30. The normalized spacial score (nSPS) is 21.6. The summed E-state index contributed by atoms with van der Waals surface area (Å²) >= 11 is 0. The SMILES string of the molecule is CCCCCC(CCCN)OC1Cc2ccc3cccc4c3c2C(C=C4)C1. The lowest BCUT2D eigenvalue weighted by molar-refractivity contribution is -0.0297. The molecule has 2 aromatic carbocycles. The molecule has 0 saturated heterocycles. The van der Waals surface area contributed by atoms with Crippen molar-refractivity contribution in [1.29, 1.82) is 0 Å². The van der Waals surface area contributed by atoms with Gasteiger partial charge in [-0.1, -0.05) is 68.7 Å². The van der Waals surface area contributed by atoms with Gasteiger partial charge in [0.15, 0.2) is 0 Å². The molecule has 0 bridgehead atoms. The van der Waals surface area contributed by atoms with Gasteiger partial charge in [-0.3, -0.25) is 0 Å². The van der Waals surface area contributed by atoms with Crippen molar-refractivity contribution in [3.8, 4) is 0 Å². The lowest BCUT2D eigenvalue weighted by Gasteiger charge is -2.35. The molecule has 0 amide bonds. The van der Waals surface area contributed by atoms with Crippen LogP contribution in [0.1, 0.15) is 74.5 Å². The van der Waals surface area contributed by atoms with Crippen molar-refractivity contribution in [1.82, 2.24) is 0 Å². The van der Waals surface area contributed by atoms with Crippen molar-refractivity contribution in [3.05, 3.63) is 53.1 Å². The van der Waals surface area contributed by atoms with Crippen LogP contribution in [0.5, 0.6) is 0 Å². The summed E-state index contributed by atoms with van der Waals surface area (Å²) < 4.78 is 6.67. The summed E-state index contributed by atoms with van der Waals surface area (Å²) in [5.41, 5.74) is 10.2. The number of nitrogens with two attached hydrogens (primary N) is 1. The van der Waals surface area contributed by atoms with Gasteiger partial charge in [0.2, 0.25) is 0 Å². The molecule has 3 atom stereocenters. The molecule has 2 heteroatoms. The molecule has 3 unspecified atom stereocenters.